The first kappa shape index (κ1) is 26.6. The third-order valence-corrected chi connectivity index (χ3v) is 8.67. The van der Waals surface area contributed by atoms with Crippen molar-refractivity contribution in [1.82, 2.24) is 4.98 Å². The zero-order valence-corrected chi connectivity index (χ0v) is 23.1. The van der Waals surface area contributed by atoms with Gasteiger partial charge in [0.15, 0.2) is 0 Å². The number of rotatable bonds is 9. The smallest absolute Gasteiger partial charge is 0.115 e. The molecule has 0 bridgehead atoms. The van der Waals surface area contributed by atoms with Crippen LogP contribution in [0.5, 0.6) is 0 Å². The van der Waals surface area contributed by atoms with Crippen molar-refractivity contribution < 1.29 is 9.32 Å². The lowest BCUT2D eigenvalue weighted by atomic mass is 9.99. The van der Waals surface area contributed by atoms with Crippen molar-refractivity contribution in [2.75, 3.05) is 11.5 Å². The van der Waals surface area contributed by atoms with Crippen molar-refractivity contribution in [1.29, 1.82) is 5.26 Å². The van der Waals surface area contributed by atoms with Crippen molar-refractivity contribution >= 4 is 50.1 Å². The summed E-state index contributed by atoms with van der Waals surface area (Å²) in [6.45, 7) is 0. The normalized spacial score (nSPS) is 12.6. The first-order chi connectivity index (χ1) is 17.4. The van der Waals surface area contributed by atoms with E-state index in [0.29, 0.717) is 21.4 Å². The van der Waals surface area contributed by atoms with Crippen molar-refractivity contribution in [2.45, 2.75) is 16.9 Å². The molecular weight excluding hydrogens is 576 g/mol. The Bertz CT molecular complexity index is 1390. The summed E-state index contributed by atoms with van der Waals surface area (Å²) in [5.74, 6) is 0.749. The van der Waals surface area contributed by atoms with Crippen LogP contribution in [0.15, 0.2) is 94.4 Å². The monoisotopic (exact) mass is 596 g/mol. The van der Waals surface area contributed by atoms with Gasteiger partial charge in [-0.3, -0.25) is 4.21 Å². The maximum Gasteiger partial charge on any atom is 0.115 e. The van der Waals surface area contributed by atoms with Crippen LogP contribution in [-0.4, -0.2) is 31.9 Å². The first-order valence-electron chi connectivity index (χ1n) is 11.1. The minimum atomic E-state index is -1.24. The van der Waals surface area contributed by atoms with Crippen LogP contribution in [0.4, 0.5) is 0 Å². The number of aliphatic hydroxyl groups is 1. The molecule has 1 heterocycles. The Hall–Kier alpha value is -2.47. The molecule has 4 aromatic rings. The van der Waals surface area contributed by atoms with E-state index in [2.05, 4.69) is 22.0 Å². The van der Waals surface area contributed by atoms with Gasteiger partial charge in [-0.15, -0.1) is 11.8 Å². The lowest BCUT2D eigenvalue weighted by molar-refractivity contribution is 0.224. The highest BCUT2D eigenvalue weighted by Crippen LogP contribution is 2.34. The minimum absolute atomic E-state index is 0.134. The fourth-order valence-corrected chi connectivity index (χ4v) is 6.31. The average Bonchev–Trinajstić information content (AvgIpc) is 2.89. The summed E-state index contributed by atoms with van der Waals surface area (Å²) in [6, 6.07) is 29.0. The van der Waals surface area contributed by atoms with Gasteiger partial charge in [0.1, 0.15) is 11.1 Å². The molecule has 8 heteroatoms. The molecule has 0 aliphatic rings. The molecule has 4 rings (SSSR count). The standard InChI is InChI=1S/C28H22BrClN2O2S2/c29-22-10-8-21(9-11-22)27-14-25(20-4-2-1-3-5-20)26(15-31)28(32-27)35-16-24(33)18-36(34)17-19-6-12-23(30)13-7-19/h1-14,24,33H,16-18H2/t24-,36-/m1/s1. The number of hydrogen-bond acceptors (Lipinski definition) is 5. The molecular formula is C28H22BrClN2O2S2. The van der Waals surface area contributed by atoms with E-state index in [9.17, 15) is 14.6 Å². The van der Waals surface area contributed by atoms with E-state index in [-0.39, 0.29) is 11.5 Å². The van der Waals surface area contributed by atoms with Crippen molar-refractivity contribution in [3.8, 4) is 28.5 Å². The molecule has 3 aromatic carbocycles. The highest BCUT2D eigenvalue weighted by atomic mass is 79.9. The predicted octanol–water partition coefficient (Wildman–Crippen LogP) is 7.11. The molecule has 0 radical (unpaired) electrons. The average molecular weight is 598 g/mol. The fourth-order valence-electron chi connectivity index (χ4n) is 3.61. The Morgan fingerprint density at radius 2 is 1.72 bits per heavy atom. The van der Waals surface area contributed by atoms with Crippen LogP contribution >= 0.6 is 39.3 Å². The number of aromatic nitrogens is 1. The highest BCUT2D eigenvalue weighted by molar-refractivity contribution is 9.10. The molecule has 0 saturated carbocycles. The Morgan fingerprint density at radius 1 is 1.03 bits per heavy atom. The number of pyridine rings is 1. The van der Waals surface area contributed by atoms with Gasteiger partial charge in [0, 0.05) is 42.9 Å². The minimum Gasteiger partial charge on any atom is -0.391 e. The molecule has 0 saturated heterocycles. The maximum atomic E-state index is 12.6. The van der Waals surface area contributed by atoms with Crippen molar-refractivity contribution in [3.05, 3.63) is 106 Å². The topological polar surface area (TPSA) is 74.0 Å². The molecule has 0 amide bonds. The molecule has 4 nitrogen and oxygen atoms in total. The van der Waals surface area contributed by atoms with Crippen LogP contribution in [0.25, 0.3) is 22.4 Å². The van der Waals surface area contributed by atoms with Crippen LogP contribution in [0.2, 0.25) is 5.02 Å². The quantitative estimate of drug-likeness (QED) is 0.208. The molecule has 0 aliphatic heterocycles. The first-order valence-corrected chi connectivity index (χ1v) is 14.7. The Balaban J connectivity index is 1.56. The van der Waals surface area contributed by atoms with Crippen LogP contribution in [0, 0.1) is 11.3 Å². The molecule has 0 fully saturated rings. The van der Waals surface area contributed by atoms with E-state index in [1.807, 2.05) is 72.8 Å². The zero-order valence-electron chi connectivity index (χ0n) is 19.1. The maximum absolute atomic E-state index is 12.6. The number of hydrogen-bond donors (Lipinski definition) is 1. The van der Waals surface area contributed by atoms with Crippen LogP contribution in [0.1, 0.15) is 11.1 Å². The SMILES string of the molecule is N#Cc1c(-c2ccccc2)cc(-c2ccc(Br)cc2)nc1SC[C@@H](O)C[S@](=O)Cc1ccc(Cl)cc1. The van der Waals surface area contributed by atoms with Crippen LogP contribution < -0.4 is 0 Å². The summed E-state index contributed by atoms with van der Waals surface area (Å²) in [4.78, 5) is 4.78. The predicted molar refractivity (Wildman–Crippen MR) is 152 cm³/mol. The molecule has 36 heavy (non-hydrogen) atoms. The molecule has 2 atom stereocenters. The summed E-state index contributed by atoms with van der Waals surface area (Å²) in [7, 11) is -1.24. The van der Waals surface area contributed by atoms with Gasteiger partial charge in [0.25, 0.3) is 0 Å². The summed E-state index contributed by atoms with van der Waals surface area (Å²) < 4.78 is 13.6. The highest BCUT2D eigenvalue weighted by Gasteiger charge is 2.18. The Labute approximate surface area is 231 Å². The lowest BCUT2D eigenvalue weighted by Crippen LogP contribution is -2.20. The summed E-state index contributed by atoms with van der Waals surface area (Å²) in [5, 5.41) is 21.8. The fraction of sp³-hybridized carbons (Fsp3) is 0.143. The lowest BCUT2D eigenvalue weighted by Gasteiger charge is -2.14. The van der Waals surface area contributed by atoms with E-state index < -0.39 is 16.9 Å². The van der Waals surface area contributed by atoms with Crippen molar-refractivity contribution in [2.24, 2.45) is 0 Å². The molecule has 0 aliphatic carbocycles. The van der Waals surface area contributed by atoms with Gasteiger partial charge in [-0.25, -0.2) is 4.98 Å². The van der Waals surface area contributed by atoms with E-state index in [1.165, 1.54) is 11.8 Å². The molecule has 0 unspecified atom stereocenters. The van der Waals surface area contributed by atoms with Gasteiger partial charge in [-0.05, 0) is 41.5 Å². The van der Waals surface area contributed by atoms with Gasteiger partial charge < -0.3 is 5.11 Å². The van der Waals surface area contributed by atoms with Crippen molar-refractivity contribution in [3.63, 3.8) is 0 Å². The number of aliphatic hydroxyl groups excluding tert-OH is 1. The second-order valence-electron chi connectivity index (χ2n) is 8.06. The van der Waals surface area contributed by atoms with Crippen LogP contribution in [-0.2, 0) is 16.6 Å². The van der Waals surface area contributed by atoms with Gasteiger partial charge in [-0.2, -0.15) is 5.26 Å². The second-order valence-corrected chi connectivity index (χ2v) is 11.9. The van der Waals surface area contributed by atoms with Gasteiger partial charge in [0.05, 0.1) is 23.1 Å². The largest absolute Gasteiger partial charge is 0.391 e. The number of halogens is 2. The summed E-state index contributed by atoms with van der Waals surface area (Å²) in [6.07, 6.45) is -0.812. The van der Waals surface area contributed by atoms with Crippen LogP contribution in [0.3, 0.4) is 0 Å². The van der Waals surface area contributed by atoms with E-state index in [4.69, 9.17) is 16.6 Å². The molecule has 182 valence electrons. The zero-order chi connectivity index (χ0) is 25.5. The van der Waals surface area contributed by atoms with Gasteiger partial charge >= 0.3 is 0 Å². The van der Waals surface area contributed by atoms with Gasteiger partial charge in [0.2, 0.25) is 0 Å². The van der Waals surface area contributed by atoms with E-state index in [1.54, 1.807) is 12.1 Å². The number of benzene rings is 3. The summed E-state index contributed by atoms with van der Waals surface area (Å²) >= 11 is 10.7. The third-order valence-electron chi connectivity index (χ3n) is 5.35. The molecule has 1 N–H and O–H groups in total. The molecule has 0 spiro atoms. The van der Waals surface area contributed by atoms with E-state index >= 15 is 0 Å². The third kappa shape index (κ3) is 7.06. The molecule has 1 aromatic heterocycles. The summed E-state index contributed by atoms with van der Waals surface area (Å²) in [5.41, 5.74) is 4.73. The Morgan fingerprint density at radius 3 is 2.39 bits per heavy atom. The Kier molecular flexibility index (Phi) is 9.35. The number of nitriles is 1. The number of thioether (sulfide) groups is 1. The van der Waals surface area contributed by atoms with E-state index in [0.717, 1.165) is 32.4 Å². The second kappa shape index (κ2) is 12.7. The van der Waals surface area contributed by atoms with Gasteiger partial charge in [-0.1, -0.05) is 82.1 Å². The number of nitrogens with zero attached hydrogens (tertiary/aromatic N) is 2.